The summed E-state index contributed by atoms with van der Waals surface area (Å²) in [5.41, 5.74) is 2.32. The molecule has 1 amide bonds. The van der Waals surface area contributed by atoms with E-state index in [-0.39, 0.29) is 5.82 Å². The summed E-state index contributed by atoms with van der Waals surface area (Å²) in [6.07, 6.45) is 4.68. The van der Waals surface area contributed by atoms with Gasteiger partial charge in [-0.05, 0) is 18.2 Å². The Kier molecular flexibility index (Phi) is 4.99. The Morgan fingerprint density at radius 3 is 2.71 bits per heavy atom. The second-order valence-electron chi connectivity index (χ2n) is 8.62. The molecule has 1 saturated carbocycles. The van der Waals surface area contributed by atoms with Gasteiger partial charge in [0.15, 0.2) is 11.5 Å². The number of hydrogen-bond donors (Lipinski definition) is 2. The highest BCUT2D eigenvalue weighted by Gasteiger charge is 2.61. The van der Waals surface area contributed by atoms with Crippen molar-refractivity contribution in [1.82, 2.24) is 24.6 Å². The van der Waals surface area contributed by atoms with Crippen LogP contribution in [0.4, 0.5) is 26.1 Å². The van der Waals surface area contributed by atoms with Crippen molar-refractivity contribution in [1.29, 1.82) is 0 Å². The number of rotatable bonds is 5. The first-order valence-electron chi connectivity index (χ1n) is 11.3. The lowest BCUT2D eigenvalue weighted by atomic mass is 10.1. The Morgan fingerprint density at radius 1 is 1.17 bits per heavy atom. The number of pyridine rings is 3. The average molecular weight is 480 g/mol. The van der Waals surface area contributed by atoms with Crippen LogP contribution in [0.15, 0.2) is 36.8 Å². The van der Waals surface area contributed by atoms with Crippen molar-refractivity contribution in [2.45, 2.75) is 12.3 Å². The molecule has 0 aromatic carbocycles. The maximum atomic E-state index is 13.3. The summed E-state index contributed by atoms with van der Waals surface area (Å²) in [4.78, 5) is 27.8. The van der Waals surface area contributed by atoms with E-state index in [1.54, 1.807) is 30.0 Å². The Balaban J connectivity index is 1.38. The summed E-state index contributed by atoms with van der Waals surface area (Å²) in [7, 11) is 1.74. The van der Waals surface area contributed by atoms with Crippen LogP contribution in [-0.2, 0) is 9.53 Å². The van der Waals surface area contributed by atoms with Crippen molar-refractivity contribution in [3.63, 3.8) is 0 Å². The lowest BCUT2D eigenvalue weighted by molar-refractivity contribution is -0.119. The molecule has 4 aromatic heterocycles. The molecule has 2 fully saturated rings. The predicted molar refractivity (Wildman–Crippen MR) is 126 cm³/mol. The van der Waals surface area contributed by atoms with Gasteiger partial charge >= 0.3 is 0 Å². The molecule has 35 heavy (non-hydrogen) atoms. The molecule has 5 heterocycles. The molecule has 2 aliphatic rings. The monoisotopic (exact) mass is 480 g/mol. The number of halogens is 2. The SMILES string of the molecule is CNc1ncc(-c2nc3ccc(N4CCOCC4)cn3n2)c2cc(NC(=O)C3CC3(F)F)ncc12. The smallest absolute Gasteiger partial charge is 0.260 e. The number of carbonyl (C=O) groups is 1. The normalized spacial score (nSPS) is 19.2. The Labute approximate surface area is 198 Å². The minimum Gasteiger partial charge on any atom is -0.378 e. The molecule has 1 unspecified atom stereocenters. The van der Waals surface area contributed by atoms with Crippen LogP contribution in [0, 0.1) is 5.92 Å². The molecule has 1 aliphatic carbocycles. The van der Waals surface area contributed by atoms with E-state index in [4.69, 9.17) is 4.74 Å². The molecule has 0 spiro atoms. The topological polar surface area (TPSA) is 110 Å². The number of alkyl halides is 2. The Hall–Kier alpha value is -3.93. The third kappa shape index (κ3) is 3.89. The Morgan fingerprint density at radius 2 is 1.97 bits per heavy atom. The summed E-state index contributed by atoms with van der Waals surface area (Å²) in [5.74, 6) is -3.80. The highest BCUT2D eigenvalue weighted by Crippen LogP contribution is 2.49. The van der Waals surface area contributed by atoms with Crippen molar-refractivity contribution >= 4 is 39.6 Å². The van der Waals surface area contributed by atoms with Crippen molar-refractivity contribution in [3.8, 4) is 11.4 Å². The van der Waals surface area contributed by atoms with Crippen molar-refractivity contribution in [2.75, 3.05) is 48.9 Å². The summed E-state index contributed by atoms with van der Waals surface area (Å²) < 4.78 is 33.8. The van der Waals surface area contributed by atoms with Crippen LogP contribution in [0.5, 0.6) is 0 Å². The van der Waals surface area contributed by atoms with Crippen molar-refractivity contribution in [3.05, 3.63) is 36.8 Å². The molecular weight excluding hydrogens is 458 g/mol. The van der Waals surface area contributed by atoms with E-state index < -0.39 is 24.2 Å². The minimum atomic E-state index is -2.95. The van der Waals surface area contributed by atoms with Crippen molar-refractivity contribution < 1.29 is 18.3 Å². The largest absolute Gasteiger partial charge is 0.378 e. The third-order valence-electron chi connectivity index (χ3n) is 6.34. The first-order valence-corrected chi connectivity index (χ1v) is 11.3. The van der Waals surface area contributed by atoms with Gasteiger partial charge in [-0.1, -0.05) is 0 Å². The van der Waals surface area contributed by atoms with E-state index >= 15 is 0 Å². The number of morpholine rings is 1. The maximum absolute atomic E-state index is 13.3. The van der Waals surface area contributed by atoms with Gasteiger partial charge in [-0.25, -0.2) is 28.2 Å². The molecule has 4 aromatic rings. The van der Waals surface area contributed by atoms with Gasteiger partial charge in [-0.3, -0.25) is 4.79 Å². The standard InChI is InChI=1S/C23H22F2N8O2/c1-26-20-15-10-27-18(29-22(34)17-9-23(17,24)25)8-14(15)16(11-28-20)21-30-19-3-2-13(12-33(19)31-21)32-4-6-35-7-5-32/h2-3,8,10-12,17H,4-7,9H2,1H3,(H,26,28)(H,27,29,34). The van der Waals surface area contributed by atoms with Crippen LogP contribution in [0.3, 0.4) is 0 Å². The van der Waals surface area contributed by atoms with Crippen LogP contribution in [0.2, 0.25) is 0 Å². The first kappa shape index (κ1) is 21.6. The number of hydrogen-bond acceptors (Lipinski definition) is 8. The van der Waals surface area contributed by atoms with E-state index in [9.17, 15) is 13.6 Å². The summed E-state index contributed by atoms with van der Waals surface area (Å²) in [6.45, 7) is 2.98. The highest BCUT2D eigenvalue weighted by atomic mass is 19.3. The van der Waals surface area contributed by atoms with E-state index in [1.165, 1.54) is 0 Å². The molecular formula is C23H22F2N8O2. The number of fused-ring (bicyclic) bond motifs is 2. The second kappa shape index (κ2) is 8.08. The average Bonchev–Trinajstić information content (AvgIpc) is 3.32. The lowest BCUT2D eigenvalue weighted by Gasteiger charge is -2.28. The summed E-state index contributed by atoms with van der Waals surface area (Å²) in [5, 5.41) is 11.6. The molecule has 0 radical (unpaired) electrons. The molecule has 1 saturated heterocycles. The quantitative estimate of drug-likeness (QED) is 0.449. The van der Waals surface area contributed by atoms with Crippen LogP contribution in [0.25, 0.3) is 27.8 Å². The fourth-order valence-corrected chi connectivity index (χ4v) is 4.29. The van der Waals surface area contributed by atoms with Gasteiger partial charge in [0.2, 0.25) is 5.91 Å². The van der Waals surface area contributed by atoms with Gasteiger partial charge in [0.05, 0.1) is 25.1 Å². The van der Waals surface area contributed by atoms with Gasteiger partial charge in [0, 0.05) is 55.3 Å². The number of aromatic nitrogens is 5. The van der Waals surface area contributed by atoms with E-state index in [1.807, 2.05) is 18.3 Å². The molecule has 6 rings (SSSR count). The van der Waals surface area contributed by atoms with Crippen LogP contribution in [-0.4, -0.2) is 69.7 Å². The minimum absolute atomic E-state index is 0.179. The summed E-state index contributed by atoms with van der Waals surface area (Å²) in [6, 6.07) is 5.54. The molecule has 10 nitrogen and oxygen atoms in total. The van der Waals surface area contributed by atoms with E-state index in [2.05, 4.69) is 35.6 Å². The highest BCUT2D eigenvalue weighted by molar-refractivity contribution is 6.03. The lowest BCUT2D eigenvalue weighted by Crippen LogP contribution is -2.36. The molecule has 1 atom stereocenters. The molecule has 180 valence electrons. The summed E-state index contributed by atoms with van der Waals surface area (Å²) >= 11 is 0. The van der Waals surface area contributed by atoms with E-state index in [0.29, 0.717) is 46.8 Å². The second-order valence-corrected chi connectivity index (χ2v) is 8.62. The number of nitrogens with zero attached hydrogens (tertiary/aromatic N) is 6. The van der Waals surface area contributed by atoms with Crippen molar-refractivity contribution in [2.24, 2.45) is 5.92 Å². The Bertz CT molecular complexity index is 1450. The number of ether oxygens (including phenoxy) is 1. The zero-order chi connectivity index (χ0) is 24.2. The van der Waals surface area contributed by atoms with Gasteiger partial charge in [0.1, 0.15) is 17.6 Å². The number of amides is 1. The van der Waals surface area contributed by atoms with Crippen LogP contribution in [0.1, 0.15) is 6.42 Å². The van der Waals surface area contributed by atoms with Gasteiger partial charge in [-0.2, -0.15) is 0 Å². The van der Waals surface area contributed by atoms with Crippen LogP contribution >= 0.6 is 0 Å². The zero-order valence-corrected chi connectivity index (χ0v) is 18.8. The molecule has 0 bridgehead atoms. The molecule has 2 N–H and O–H groups in total. The first-order chi connectivity index (χ1) is 16.9. The van der Waals surface area contributed by atoms with Gasteiger partial charge in [0.25, 0.3) is 5.92 Å². The van der Waals surface area contributed by atoms with Gasteiger partial charge < -0.3 is 20.3 Å². The number of anilines is 3. The van der Waals surface area contributed by atoms with Gasteiger partial charge in [-0.15, -0.1) is 5.10 Å². The van der Waals surface area contributed by atoms with E-state index in [0.717, 1.165) is 18.8 Å². The van der Waals surface area contributed by atoms with Crippen LogP contribution < -0.4 is 15.5 Å². The molecule has 1 aliphatic heterocycles. The fourth-order valence-electron chi connectivity index (χ4n) is 4.29. The number of nitrogens with one attached hydrogen (secondary N) is 2. The number of carbonyl (C=O) groups excluding carboxylic acids is 1. The maximum Gasteiger partial charge on any atom is 0.260 e. The predicted octanol–water partition coefficient (Wildman–Crippen LogP) is 2.81. The third-order valence-corrected chi connectivity index (χ3v) is 6.34. The molecule has 12 heteroatoms. The fraction of sp³-hybridized carbons (Fsp3) is 0.348. The zero-order valence-electron chi connectivity index (χ0n) is 18.8.